The predicted octanol–water partition coefficient (Wildman–Crippen LogP) is -1.10. The average Bonchev–Trinajstić information content (AvgIpc) is 2.99. The Morgan fingerprint density at radius 2 is 1.86 bits per heavy atom. The van der Waals surface area contributed by atoms with Gasteiger partial charge in [-0.25, -0.2) is 14.4 Å². The third kappa shape index (κ3) is 1.93. The minimum absolute atomic E-state index is 0.0880. The monoisotopic (exact) mass is 318 g/mol. The number of aliphatic hydroxyl groups is 1. The number of hydrogen-bond acceptors (Lipinski definition) is 9. The lowest BCUT2D eigenvalue weighted by atomic mass is 9.79. The molecule has 2 aliphatic heterocycles. The highest BCUT2D eigenvalue weighted by Crippen LogP contribution is 2.51. The first-order chi connectivity index (χ1) is 10.2. The Kier molecular flexibility index (Phi) is 3.92. The number of ether oxygens (including phenoxy) is 5. The summed E-state index contributed by atoms with van der Waals surface area (Å²) in [6.45, 7) is 1.54. The van der Waals surface area contributed by atoms with E-state index in [9.17, 15) is 19.5 Å². The Hall–Kier alpha value is -1.71. The molecule has 4 atom stereocenters. The maximum atomic E-state index is 12.3. The van der Waals surface area contributed by atoms with Gasteiger partial charge in [-0.2, -0.15) is 0 Å². The van der Waals surface area contributed by atoms with E-state index in [4.69, 9.17) is 14.2 Å². The van der Waals surface area contributed by atoms with Gasteiger partial charge in [0.25, 0.3) is 5.60 Å². The Morgan fingerprint density at radius 1 is 1.23 bits per heavy atom. The average molecular weight is 318 g/mol. The Labute approximate surface area is 126 Å². The first-order valence-corrected chi connectivity index (χ1v) is 6.56. The summed E-state index contributed by atoms with van der Waals surface area (Å²) < 4.78 is 24.6. The SMILES string of the molecule is COC(=O)[C@H]1OC(=O)[C@@]2(CCC(C)(OC)O2)[C@]1(O)C(=O)OC. The zero-order chi connectivity index (χ0) is 16.8. The standard InChI is InChI=1S/C13H18O9/c1-11(20-4)5-6-12(22-11)9(15)21-7(8(14)18-2)13(12,17)10(16)19-3/h7,17H,5-6H2,1-4H3/t7-,11?,12+,13-/m1/s1. The van der Waals surface area contributed by atoms with Gasteiger partial charge in [0, 0.05) is 13.5 Å². The molecule has 0 aromatic heterocycles. The van der Waals surface area contributed by atoms with Crippen LogP contribution in [-0.4, -0.2) is 67.4 Å². The van der Waals surface area contributed by atoms with Gasteiger partial charge in [0.05, 0.1) is 14.2 Å². The smallest absolute Gasteiger partial charge is 0.351 e. The highest BCUT2D eigenvalue weighted by Gasteiger charge is 2.79. The molecule has 2 rings (SSSR count). The van der Waals surface area contributed by atoms with E-state index in [0.29, 0.717) is 0 Å². The lowest BCUT2D eigenvalue weighted by molar-refractivity contribution is -0.259. The van der Waals surface area contributed by atoms with Gasteiger partial charge in [-0.3, -0.25) is 0 Å². The summed E-state index contributed by atoms with van der Waals surface area (Å²) >= 11 is 0. The van der Waals surface area contributed by atoms with Crippen molar-refractivity contribution in [3.63, 3.8) is 0 Å². The molecule has 9 nitrogen and oxygen atoms in total. The fourth-order valence-electron chi connectivity index (χ4n) is 2.84. The van der Waals surface area contributed by atoms with Crippen LogP contribution in [0.2, 0.25) is 0 Å². The van der Waals surface area contributed by atoms with Crippen molar-refractivity contribution in [2.45, 2.75) is 42.9 Å². The van der Waals surface area contributed by atoms with Crippen molar-refractivity contribution >= 4 is 17.9 Å². The zero-order valence-corrected chi connectivity index (χ0v) is 12.7. The molecule has 1 unspecified atom stereocenters. The van der Waals surface area contributed by atoms with Crippen LogP contribution < -0.4 is 0 Å². The summed E-state index contributed by atoms with van der Waals surface area (Å²) in [6, 6.07) is 0. The molecule has 22 heavy (non-hydrogen) atoms. The second-order valence-electron chi connectivity index (χ2n) is 5.33. The molecule has 0 radical (unpaired) electrons. The van der Waals surface area contributed by atoms with Gasteiger partial charge in [0.2, 0.25) is 11.7 Å². The number of carbonyl (C=O) groups is 3. The van der Waals surface area contributed by atoms with Crippen molar-refractivity contribution in [2.24, 2.45) is 0 Å². The van der Waals surface area contributed by atoms with Crippen molar-refractivity contribution in [3.8, 4) is 0 Å². The quantitative estimate of drug-likeness (QED) is 0.511. The first kappa shape index (κ1) is 16.7. The van der Waals surface area contributed by atoms with Crippen LogP contribution in [0.25, 0.3) is 0 Å². The van der Waals surface area contributed by atoms with Crippen LogP contribution in [-0.2, 0) is 38.1 Å². The predicted molar refractivity (Wildman–Crippen MR) is 67.3 cm³/mol. The van der Waals surface area contributed by atoms with Crippen LogP contribution in [0.3, 0.4) is 0 Å². The Bertz CT molecular complexity index is 518. The number of rotatable bonds is 3. The Balaban J connectivity index is 2.55. The second kappa shape index (κ2) is 5.18. The van der Waals surface area contributed by atoms with Crippen LogP contribution in [0.4, 0.5) is 0 Å². The van der Waals surface area contributed by atoms with E-state index in [0.717, 1.165) is 14.2 Å². The molecule has 0 amide bonds. The summed E-state index contributed by atoms with van der Waals surface area (Å²) in [4.78, 5) is 36.2. The zero-order valence-electron chi connectivity index (χ0n) is 12.7. The van der Waals surface area contributed by atoms with Crippen LogP contribution in [0.1, 0.15) is 19.8 Å². The molecule has 0 aromatic rings. The Morgan fingerprint density at radius 3 is 2.32 bits per heavy atom. The third-order valence-electron chi connectivity index (χ3n) is 4.21. The summed E-state index contributed by atoms with van der Waals surface area (Å²) in [7, 11) is 3.40. The van der Waals surface area contributed by atoms with Crippen LogP contribution in [0.5, 0.6) is 0 Å². The molecule has 1 spiro atoms. The van der Waals surface area contributed by atoms with E-state index in [-0.39, 0.29) is 12.8 Å². The maximum absolute atomic E-state index is 12.3. The normalized spacial score (nSPS) is 40.6. The number of carbonyl (C=O) groups excluding carboxylic acids is 3. The van der Waals surface area contributed by atoms with E-state index < -0.39 is 41.0 Å². The van der Waals surface area contributed by atoms with Gasteiger partial charge in [-0.05, 0) is 13.3 Å². The van der Waals surface area contributed by atoms with E-state index >= 15 is 0 Å². The lowest BCUT2D eigenvalue weighted by Gasteiger charge is -2.35. The summed E-state index contributed by atoms with van der Waals surface area (Å²) in [5.41, 5.74) is -4.76. The van der Waals surface area contributed by atoms with Crippen molar-refractivity contribution in [3.05, 3.63) is 0 Å². The highest BCUT2D eigenvalue weighted by atomic mass is 16.7. The van der Waals surface area contributed by atoms with Gasteiger partial charge in [0.1, 0.15) is 0 Å². The van der Waals surface area contributed by atoms with Crippen molar-refractivity contribution in [2.75, 3.05) is 21.3 Å². The van der Waals surface area contributed by atoms with Crippen molar-refractivity contribution in [1.82, 2.24) is 0 Å². The van der Waals surface area contributed by atoms with Crippen molar-refractivity contribution < 1.29 is 43.2 Å². The lowest BCUT2D eigenvalue weighted by Crippen LogP contribution is -2.65. The second-order valence-corrected chi connectivity index (χ2v) is 5.33. The molecule has 2 heterocycles. The molecule has 0 aromatic carbocycles. The van der Waals surface area contributed by atoms with Crippen LogP contribution >= 0.6 is 0 Å². The van der Waals surface area contributed by atoms with E-state index in [1.807, 2.05) is 0 Å². The number of esters is 3. The fraction of sp³-hybridized carbons (Fsp3) is 0.769. The summed E-state index contributed by atoms with van der Waals surface area (Å²) in [5, 5.41) is 10.9. The van der Waals surface area contributed by atoms with Gasteiger partial charge in [-0.1, -0.05) is 0 Å². The third-order valence-corrected chi connectivity index (χ3v) is 4.21. The molecular formula is C13H18O9. The molecule has 2 fully saturated rings. The number of cyclic esters (lactones) is 1. The first-order valence-electron chi connectivity index (χ1n) is 6.56. The minimum atomic E-state index is -2.66. The number of hydrogen-bond donors (Lipinski definition) is 1. The molecule has 0 bridgehead atoms. The van der Waals surface area contributed by atoms with Crippen molar-refractivity contribution in [1.29, 1.82) is 0 Å². The minimum Gasteiger partial charge on any atom is -0.467 e. The van der Waals surface area contributed by atoms with Gasteiger partial charge in [0.15, 0.2) is 5.79 Å². The molecule has 124 valence electrons. The molecule has 0 aliphatic carbocycles. The largest absolute Gasteiger partial charge is 0.467 e. The van der Waals surface area contributed by atoms with Gasteiger partial charge >= 0.3 is 17.9 Å². The highest BCUT2D eigenvalue weighted by molar-refractivity contribution is 6.02. The fourth-order valence-corrected chi connectivity index (χ4v) is 2.84. The van der Waals surface area contributed by atoms with Gasteiger partial charge in [-0.15, -0.1) is 0 Å². The topological polar surface area (TPSA) is 118 Å². The van der Waals surface area contributed by atoms with Crippen LogP contribution in [0, 0.1) is 0 Å². The van der Waals surface area contributed by atoms with E-state index in [1.165, 1.54) is 14.0 Å². The number of methoxy groups -OCH3 is 3. The molecule has 2 aliphatic rings. The summed E-state index contributed by atoms with van der Waals surface area (Å²) in [6.07, 6.45) is -1.77. The van der Waals surface area contributed by atoms with E-state index in [2.05, 4.69) is 9.47 Å². The molecule has 9 heteroatoms. The molecular weight excluding hydrogens is 300 g/mol. The molecule has 2 saturated heterocycles. The molecule has 1 N–H and O–H groups in total. The van der Waals surface area contributed by atoms with Gasteiger partial charge < -0.3 is 28.8 Å². The summed E-state index contributed by atoms with van der Waals surface area (Å²) in [5.74, 6) is -4.58. The maximum Gasteiger partial charge on any atom is 0.351 e. The van der Waals surface area contributed by atoms with Crippen LogP contribution in [0.15, 0.2) is 0 Å². The molecule has 0 saturated carbocycles. The van der Waals surface area contributed by atoms with E-state index in [1.54, 1.807) is 0 Å².